The van der Waals surface area contributed by atoms with Crippen molar-refractivity contribution in [3.8, 4) is 5.75 Å². The SMILES string of the molecule is Cc1ccccc1CN(C(=O)COc1ccccc1C(C)(C)C)[C@@H](Cc1ccccc1)C(=O)NCC(C)C. The van der Waals surface area contributed by atoms with Gasteiger partial charge in [0.2, 0.25) is 5.91 Å². The molecule has 2 amide bonds. The molecule has 0 saturated heterocycles. The Morgan fingerprint density at radius 1 is 0.895 bits per heavy atom. The van der Waals surface area contributed by atoms with Crippen molar-refractivity contribution in [1.29, 1.82) is 0 Å². The number of ether oxygens (including phenoxy) is 1. The van der Waals surface area contributed by atoms with Gasteiger partial charge in [0.25, 0.3) is 5.91 Å². The van der Waals surface area contributed by atoms with Crippen LogP contribution in [0.25, 0.3) is 0 Å². The average Bonchev–Trinajstić information content (AvgIpc) is 2.89. The maximum absolute atomic E-state index is 13.9. The van der Waals surface area contributed by atoms with Gasteiger partial charge in [-0.1, -0.05) is 107 Å². The Bertz CT molecular complexity index is 1200. The van der Waals surface area contributed by atoms with Crippen molar-refractivity contribution in [2.45, 2.75) is 66.0 Å². The molecule has 202 valence electrons. The van der Waals surface area contributed by atoms with Gasteiger partial charge in [-0.2, -0.15) is 0 Å². The molecular formula is C33H42N2O3. The molecule has 0 heterocycles. The third-order valence-electron chi connectivity index (χ3n) is 6.60. The van der Waals surface area contributed by atoms with Crippen LogP contribution in [0.4, 0.5) is 0 Å². The summed E-state index contributed by atoms with van der Waals surface area (Å²) in [5.41, 5.74) is 3.98. The Morgan fingerprint density at radius 2 is 1.53 bits per heavy atom. The molecule has 1 atom stereocenters. The summed E-state index contributed by atoms with van der Waals surface area (Å²) in [7, 11) is 0. The van der Waals surface area contributed by atoms with Gasteiger partial charge < -0.3 is 15.0 Å². The molecule has 0 aliphatic rings. The zero-order valence-electron chi connectivity index (χ0n) is 23.7. The number of hydrogen-bond donors (Lipinski definition) is 1. The third kappa shape index (κ3) is 8.20. The van der Waals surface area contributed by atoms with Gasteiger partial charge in [-0.3, -0.25) is 9.59 Å². The van der Waals surface area contributed by atoms with Gasteiger partial charge in [0, 0.05) is 19.5 Å². The van der Waals surface area contributed by atoms with Crippen molar-refractivity contribution < 1.29 is 14.3 Å². The molecular weight excluding hydrogens is 472 g/mol. The van der Waals surface area contributed by atoms with Crippen LogP contribution in [0, 0.1) is 12.8 Å². The Hall–Kier alpha value is -3.60. The van der Waals surface area contributed by atoms with Crippen LogP contribution >= 0.6 is 0 Å². The smallest absolute Gasteiger partial charge is 0.261 e. The lowest BCUT2D eigenvalue weighted by Crippen LogP contribution is -2.52. The minimum atomic E-state index is -0.676. The molecule has 5 heteroatoms. The molecule has 38 heavy (non-hydrogen) atoms. The van der Waals surface area contributed by atoms with Crippen LogP contribution in [-0.2, 0) is 28.0 Å². The Balaban J connectivity index is 1.94. The molecule has 3 aromatic rings. The van der Waals surface area contributed by atoms with Gasteiger partial charge in [-0.05, 0) is 46.6 Å². The lowest BCUT2D eigenvalue weighted by atomic mass is 9.86. The first-order valence-corrected chi connectivity index (χ1v) is 13.4. The molecule has 3 aromatic carbocycles. The number of nitrogens with one attached hydrogen (secondary N) is 1. The molecule has 5 nitrogen and oxygen atoms in total. The molecule has 1 N–H and O–H groups in total. The number of aryl methyl sites for hydroxylation is 1. The van der Waals surface area contributed by atoms with Crippen LogP contribution in [-0.4, -0.2) is 35.9 Å². The van der Waals surface area contributed by atoms with E-state index in [9.17, 15) is 9.59 Å². The van der Waals surface area contributed by atoms with E-state index in [0.717, 1.165) is 22.3 Å². The van der Waals surface area contributed by atoms with Crippen molar-refractivity contribution in [3.63, 3.8) is 0 Å². The van der Waals surface area contributed by atoms with E-state index in [2.05, 4.69) is 39.9 Å². The highest BCUT2D eigenvalue weighted by molar-refractivity contribution is 5.88. The summed E-state index contributed by atoms with van der Waals surface area (Å²) in [6, 6.07) is 25.0. The normalized spacial score (nSPS) is 12.2. The molecule has 0 saturated carbocycles. The lowest BCUT2D eigenvalue weighted by Gasteiger charge is -2.32. The van der Waals surface area contributed by atoms with Gasteiger partial charge in [-0.25, -0.2) is 0 Å². The summed E-state index contributed by atoms with van der Waals surface area (Å²) in [6.45, 7) is 13.2. The second-order valence-electron chi connectivity index (χ2n) is 11.3. The van der Waals surface area contributed by atoms with Gasteiger partial charge in [0.1, 0.15) is 11.8 Å². The summed E-state index contributed by atoms with van der Waals surface area (Å²) in [5.74, 6) is 0.610. The van der Waals surface area contributed by atoms with E-state index < -0.39 is 6.04 Å². The highest BCUT2D eigenvalue weighted by Gasteiger charge is 2.31. The highest BCUT2D eigenvalue weighted by Crippen LogP contribution is 2.31. The quantitative estimate of drug-likeness (QED) is 0.337. The van der Waals surface area contributed by atoms with Crippen LogP contribution in [0.15, 0.2) is 78.9 Å². The maximum Gasteiger partial charge on any atom is 0.261 e. The molecule has 0 aromatic heterocycles. The Labute approximate surface area is 228 Å². The topological polar surface area (TPSA) is 58.6 Å². The molecule has 3 rings (SSSR count). The van der Waals surface area contributed by atoms with Crippen molar-refractivity contribution in [2.75, 3.05) is 13.2 Å². The molecule has 0 fully saturated rings. The molecule has 0 radical (unpaired) electrons. The van der Waals surface area contributed by atoms with Crippen LogP contribution in [0.2, 0.25) is 0 Å². The molecule has 0 aliphatic carbocycles. The number of rotatable bonds is 11. The van der Waals surface area contributed by atoms with Gasteiger partial charge in [0.05, 0.1) is 0 Å². The Kier molecular flexibility index (Phi) is 10.1. The summed E-state index contributed by atoms with van der Waals surface area (Å²) >= 11 is 0. The monoisotopic (exact) mass is 514 g/mol. The van der Waals surface area contributed by atoms with Gasteiger partial charge in [0.15, 0.2) is 6.61 Å². The molecule has 0 spiro atoms. The molecule has 0 aliphatic heterocycles. The largest absolute Gasteiger partial charge is 0.483 e. The van der Waals surface area contributed by atoms with E-state index in [1.165, 1.54) is 0 Å². The van der Waals surface area contributed by atoms with Gasteiger partial charge >= 0.3 is 0 Å². The number of carbonyl (C=O) groups is 2. The van der Waals surface area contributed by atoms with Crippen molar-refractivity contribution in [3.05, 3.63) is 101 Å². The fourth-order valence-electron chi connectivity index (χ4n) is 4.38. The summed E-state index contributed by atoms with van der Waals surface area (Å²) < 4.78 is 6.13. The van der Waals surface area contributed by atoms with Crippen LogP contribution in [0.5, 0.6) is 5.75 Å². The van der Waals surface area contributed by atoms with Crippen LogP contribution in [0.1, 0.15) is 56.9 Å². The van der Waals surface area contributed by atoms with Crippen molar-refractivity contribution in [2.24, 2.45) is 5.92 Å². The average molecular weight is 515 g/mol. The zero-order valence-corrected chi connectivity index (χ0v) is 23.7. The second-order valence-corrected chi connectivity index (χ2v) is 11.3. The van der Waals surface area contributed by atoms with E-state index in [0.29, 0.717) is 31.2 Å². The predicted octanol–water partition coefficient (Wildman–Crippen LogP) is 6.08. The maximum atomic E-state index is 13.9. The van der Waals surface area contributed by atoms with E-state index in [1.807, 2.05) is 85.8 Å². The fraction of sp³-hybridized carbons (Fsp3) is 0.394. The second kappa shape index (κ2) is 13.3. The standard InChI is InChI=1S/C33H42N2O3/c1-24(2)21-34-32(37)29(20-26-15-8-7-9-16-26)35(22-27-17-11-10-14-25(27)3)31(36)23-38-30-19-13-12-18-28(30)33(4,5)6/h7-19,24,29H,20-23H2,1-6H3,(H,34,37)/t29-/m0/s1. The summed E-state index contributed by atoms with van der Waals surface area (Å²) in [4.78, 5) is 29.2. The predicted molar refractivity (Wildman–Crippen MR) is 154 cm³/mol. The Morgan fingerprint density at radius 3 is 2.18 bits per heavy atom. The minimum absolute atomic E-state index is 0.132. The van der Waals surface area contributed by atoms with E-state index in [4.69, 9.17) is 4.74 Å². The van der Waals surface area contributed by atoms with Crippen LogP contribution < -0.4 is 10.1 Å². The molecule has 0 bridgehead atoms. The highest BCUT2D eigenvalue weighted by atomic mass is 16.5. The number of carbonyl (C=O) groups excluding carboxylic acids is 2. The first-order valence-electron chi connectivity index (χ1n) is 13.4. The van der Waals surface area contributed by atoms with E-state index >= 15 is 0 Å². The number of benzene rings is 3. The third-order valence-corrected chi connectivity index (χ3v) is 6.60. The fourth-order valence-corrected chi connectivity index (χ4v) is 4.38. The van der Waals surface area contributed by atoms with Crippen molar-refractivity contribution >= 4 is 11.8 Å². The lowest BCUT2D eigenvalue weighted by molar-refractivity contribution is -0.142. The molecule has 0 unspecified atom stereocenters. The van der Waals surface area contributed by atoms with E-state index in [1.54, 1.807) is 4.90 Å². The van der Waals surface area contributed by atoms with Gasteiger partial charge in [-0.15, -0.1) is 0 Å². The first kappa shape index (κ1) is 29.0. The van der Waals surface area contributed by atoms with Crippen molar-refractivity contribution in [1.82, 2.24) is 10.2 Å². The minimum Gasteiger partial charge on any atom is -0.483 e. The summed E-state index contributed by atoms with van der Waals surface area (Å²) in [5, 5.41) is 3.07. The number of hydrogen-bond acceptors (Lipinski definition) is 3. The summed E-state index contributed by atoms with van der Waals surface area (Å²) in [6.07, 6.45) is 0.418. The first-order chi connectivity index (χ1) is 18.1. The zero-order chi connectivity index (χ0) is 27.7. The van der Waals surface area contributed by atoms with E-state index in [-0.39, 0.29) is 23.8 Å². The number of para-hydroxylation sites is 1. The number of nitrogens with zero attached hydrogens (tertiary/aromatic N) is 1. The van der Waals surface area contributed by atoms with Crippen LogP contribution in [0.3, 0.4) is 0 Å². The number of amides is 2.